The number of aliphatic hydroxyl groups is 1. The van der Waals surface area contributed by atoms with Crippen molar-refractivity contribution in [3.63, 3.8) is 0 Å². The predicted octanol–water partition coefficient (Wildman–Crippen LogP) is 0.952. The summed E-state index contributed by atoms with van der Waals surface area (Å²) < 4.78 is 26.3. The summed E-state index contributed by atoms with van der Waals surface area (Å²) in [5.41, 5.74) is 0.716. The molecule has 1 rings (SSSR count). The molecule has 0 aliphatic rings. The summed E-state index contributed by atoms with van der Waals surface area (Å²) in [4.78, 5) is 3.89. The second kappa shape index (κ2) is 6.98. The largest absolute Gasteiger partial charge is 0.396 e. The van der Waals surface area contributed by atoms with Gasteiger partial charge < -0.3 is 5.11 Å². The SMILES string of the molecule is CC(C)(CCO)CNS(=O)(=O)CCc1ccncc1. The zero-order valence-electron chi connectivity index (χ0n) is 11.5. The van der Waals surface area contributed by atoms with E-state index in [1.54, 1.807) is 12.4 Å². The molecule has 1 aromatic heterocycles. The lowest BCUT2D eigenvalue weighted by Crippen LogP contribution is -2.36. The predicted molar refractivity (Wildman–Crippen MR) is 75.2 cm³/mol. The van der Waals surface area contributed by atoms with Gasteiger partial charge in [-0.3, -0.25) is 4.98 Å². The van der Waals surface area contributed by atoms with Crippen LogP contribution in [0.25, 0.3) is 0 Å². The smallest absolute Gasteiger partial charge is 0.211 e. The summed E-state index contributed by atoms with van der Waals surface area (Å²) in [6.07, 6.45) is 4.34. The minimum absolute atomic E-state index is 0.0613. The summed E-state index contributed by atoms with van der Waals surface area (Å²) in [6, 6.07) is 3.62. The van der Waals surface area contributed by atoms with E-state index in [1.165, 1.54) is 0 Å². The molecule has 0 fully saturated rings. The van der Waals surface area contributed by atoms with Crippen molar-refractivity contribution in [2.24, 2.45) is 5.41 Å². The normalized spacial score (nSPS) is 12.6. The third kappa shape index (κ3) is 6.66. The Morgan fingerprint density at radius 2 is 1.95 bits per heavy atom. The van der Waals surface area contributed by atoms with E-state index in [2.05, 4.69) is 9.71 Å². The number of hydrogen-bond donors (Lipinski definition) is 2. The molecule has 0 radical (unpaired) electrons. The maximum atomic E-state index is 11.9. The van der Waals surface area contributed by atoms with Crippen molar-refractivity contribution in [3.8, 4) is 0 Å². The molecule has 0 aliphatic carbocycles. The highest BCUT2D eigenvalue weighted by Gasteiger charge is 2.20. The van der Waals surface area contributed by atoms with Crippen LogP contribution in [0.3, 0.4) is 0 Å². The third-order valence-electron chi connectivity index (χ3n) is 2.97. The van der Waals surface area contributed by atoms with Crippen LogP contribution >= 0.6 is 0 Å². The van der Waals surface area contributed by atoms with Crippen molar-refractivity contribution in [2.45, 2.75) is 26.7 Å². The van der Waals surface area contributed by atoms with Gasteiger partial charge in [0, 0.05) is 25.5 Å². The molecule has 0 spiro atoms. The molecule has 0 atom stereocenters. The number of aliphatic hydroxyl groups excluding tert-OH is 1. The molecule has 108 valence electrons. The van der Waals surface area contributed by atoms with E-state index in [4.69, 9.17) is 5.11 Å². The number of pyridine rings is 1. The Labute approximate surface area is 115 Å². The fourth-order valence-electron chi connectivity index (χ4n) is 1.57. The van der Waals surface area contributed by atoms with Crippen molar-refractivity contribution in [1.82, 2.24) is 9.71 Å². The van der Waals surface area contributed by atoms with Crippen molar-refractivity contribution in [2.75, 3.05) is 18.9 Å². The Hall–Kier alpha value is -0.980. The Balaban J connectivity index is 2.44. The van der Waals surface area contributed by atoms with Gasteiger partial charge in [0.1, 0.15) is 0 Å². The van der Waals surface area contributed by atoms with Gasteiger partial charge in [-0.2, -0.15) is 0 Å². The van der Waals surface area contributed by atoms with Crippen molar-refractivity contribution in [1.29, 1.82) is 0 Å². The summed E-state index contributed by atoms with van der Waals surface area (Å²) in [6.45, 7) is 4.25. The van der Waals surface area contributed by atoms with Crippen LogP contribution in [0.2, 0.25) is 0 Å². The maximum Gasteiger partial charge on any atom is 0.211 e. The molecule has 1 aromatic rings. The van der Waals surface area contributed by atoms with Crippen LogP contribution in [0.5, 0.6) is 0 Å². The molecule has 19 heavy (non-hydrogen) atoms. The van der Waals surface area contributed by atoms with Gasteiger partial charge in [-0.15, -0.1) is 0 Å². The molecule has 0 amide bonds. The Morgan fingerprint density at radius 1 is 1.32 bits per heavy atom. The summed E-state index contributed by atoms with van der Waals surface area (Å²) >= 11 is 0. The van der Waals surface area contributed by atoms with Gasteiger partial charge in [0.15, 0.2) is 0 Å². The first kappa shape index (κ1) is 16.1. The van der Waals surface area contributed by atoms with Gasteiger partial charge in [0.05, 0.1) is 5.75 Å². The standard InChI is InChI=1S/C13H22N2O3S/c1-13(2,6-9-16)11-15-19(17,18)10-5-12-3-7-14-8-4-12/h3-4,7-8,15-16H,5-6,9-11H2,1-2H3. The maximum absolute atomic E-state index is 11.9. The molecule has 0 aliphatic heterocycles. The first-order chi connectivity index (χ1) is 8.85. The highest BCUT2D eigenvalue weighted by atomic mass is 32.2. The molecular formula is C13H22N2O3S. The van der Waals surface area contributed by atoms with E-state index in [1.807, 2.05) is 26.0 Å². The minimum atomic E-state index is -3.28. The number of hydrogen-bond acceptors (Lipinski definition) is 4. The van der Waals surface area contributed by atoms with Crippen LogP contribution in [-0.2, 0) is 16.4 Å². The quantitative estimate of drug-likeness (QED) is 0.746. The van der Waals surface area contributed by atoms with Crippen LogP contribution in [0.15, 0.2) is 24.5 Å². The molecule has 0 saturated carbocycles. The second-order valence-corrected chi connectivity index (χ2v) is 7.31. The van der Waals surface area contributed by atoms with E-state index in [0.717, 1.165) is 5.56 Å². The molecular weight excluding hydrogens is 264 g/mol. The van der Waals surface area contributed by atoms with Crippen LogP contribution in [0.4, 0.5) is 0 Å². The average molecular weight is 286 g/mol. The minimum Gasteiger partial charge on any atom is -0.396 e. The Bertz CT molecular complexity index is 472. The van der Waals surface area contributed by atoms with Crippen LogP contribution in [-0.4, -0.2) is 37.4 Å². The molecule has 6 heteroatoms. The van der Waals surface area contributed by atoms with Crippen LogP contribution in [0.1, 0.15) is 25.8 Å². The fraction of sp³-hybridized carbons (Fsp3) is 0.615. The zero-order chi connectivity index (χ0) is 14.4. The van der Waals surface area contributed by atoms with E-state index in [-0.39, 0.29) is 17.8 Å². The molecule has 1 heterocycles. The molecule has 0 aromatic carbocycles. The molecule has 2 N–H and O–H groups in total. The Kier molecular flexibility index (Phi) is 5.90. The van der Waals surface area contributed by atoms with Gasteiger partial charge in [0.25, 0.3) is 0 Å². The lowest BCUT2D eigenvalue weighted by Gasteiger charge is -2.23. The van der Waals surface area contributed by atoms with Gasteiger partial charge in [-0.05, 0) is 36.0 Å². The van der Waals surface area contributed by atoms with Crippen molar-refractivity contribution < 1.29 is 13.5 Å². The van der Waals surface area contributed by atoms with Gasteiger partial charge in [0.2, 0.25) is 10.0 Å². The number of rotatable bonds is 8. The van der Waals surface area contributed by atoms with Crippen molar-refractivity contribution in [3.05, 3.63) is 30.1 Å². The summed E-state index contributed by atoms with van der Waals surface area (Å²) in [7, 11) is -3.28. The van der Waals surface area contributed by atoms with Crippen LogP contribution < -0.4 is 4.72 Å². The summed E-state index contributed by atoms with van der Waals surface area (Å²) in [5, 5.41) is 8.90. The third-order valence-corrected chi connectivity index (χ3v) is 4.29. The topological polar surface area (TPSA) is 79.3 Å². The number of aromatic nitrogens is 1. The lowest BCUT2D eigenvalue weighted by atomic mass is 9.90. The first-order valence-electron chi connectivity index (χ1n) is 6.32. The monoisotopic (exact) mass is 286 g/mol. The molecule has 5 nitrogen and oxygen atoms in total. The van der Waals surface area contributed by atoms with E-state index in [9.17, 15) is 8.42 Å². The van der Waals surface area contributed by atoms with Gasteiger partial charge >= 0.3 is 0 Å². The average Bonchev–Trinajstić information content (AvgIpc) is 2.36. The molecule has 0 saturated heterocycles. The molecule has 0 bridgehead atoms. The van der Waals surface area contributed by atoms with E-state index < -0.39 is 10.0 Å². The van der Waals surface area contributed by atoms with Crippen LogP contribution in [0, 0.1) is 5.41 Å². The first-order valence-corrected chi connectivity index (χ1v) is 7.97. The molecule has 0 unspecified atom stereocenters. The van der Waals surface area contributed by atoms with Gasteiger partial charge in [-0.25, -0.2) is 13.1 Å². The van der Waals surface area contributed by atoms with Crippen molar-refractivity contribution >= 4 is 10.0 Å². The zero-order valence-corrected chi connectivity index (χ0v) is 12.3. The summed E-state index contributed by atoms with van der Waals surface area (Å²) in [5.74, 6) is 0.0617. The Morgan fingerprint density at radius 3 is 2.53 bits per heavy atom. The highest BCUT2D eigenvalue weighted by Crippen LogP contribution is 2.18. The fourth-order valence-corrected chi connectivity index (χ4v) is 2.83. The van der Waals surface area contributed by atoms with E-state index >= 15 is 0 Å². The number of nitrogens with zero attached hydrogens (tertiary/aromatic N) is 1. The van der Waals surface area contributed by atoms with Gasteiger partial charge in [-0.1, -0.05) is 13.8 Å². The number of nitrogens with one attached hydrogen (secondary N) is 1. The number of sulfonamides is 1. The lowest BCUT2D eigenvalue weighted by molar-refractivity contribution is 0.213. The van der Waals surface area contributed by atoms with E-state index in [0.29, 0.717) is 19.4 Å². The highest BCUT2D eigenvalue weighted by molar-refractivity contribution is 7.89. The second-order valence-electron chi connectivity index (χ2n) is 5.38. The number of aryl methyl sites for hydroxylation is 1.